The van der Waals surface area contributed by atoms with Gasteiger partial charge in [-0.3, -0.25) is 0 Å². The van der Waals surface area contributed by atoms with E-state index in [1.54, 1.807) is 6.92 Å². The largest absolute Gasteiger partial charge is 0.325 e. The quantitative estimate of drug-likeness (QED) is 0.575. The molecular formula is C6H6Cl8O. The minimum atomic E-state index is -2.17. The smallest absolute Gasteiger partial charge is 0.256 e. The Bertz CT molecular complexity index is 210. The Labute approximate surface area is 128 Å². The summed E-state index contributed by atoms with van der Waals surface area (Å²) in [7, 11) is 0. The molecule has 0 radical (unpaired) electrons. The van der Waals surface area contributed by atoms with Crippen molar-refractivity contribution in [3.8, 4) is 0 Å². The molecule has 1 unspecified atom stereocenters. The third kappa shape index (κ3) is 4.46. The minimum absolute atomic E-state index is 0.423. The number of hydrogen-bond donors (Lipinski definition) is 0. The summed E-state index contributed by atoms with van der Waals surface area (Å²) in [6.07, 6.45) is 0.423. The molecule has 9 heteroatoms. The fourth-order valence-electron chi connectivity index (χ4n) is 0.483. The number of ether oxygens (including phenoxy) is 1. The number of alkyl halides is 8. The SMILES string of the molecule is CCC(Cl)OC(Cl)(Cl)C(Cl)(Cl)C(Cl)(Cl)Cl. The fourth-order valence-corrected chi connectivity index (χ4v) is 1.98. The van der Waals surface area contributed by atoms with Gasteiger partial charge in [0.2, 0.25) is 8.13 Å². The minimum Gasteiger partial charge on any atom is -0.325 e. The van der Waals surface area contributed by atoms with Crippen LogP contribution in [-0.2, 0) is 4.74 Å². The van der Waals surface area contributed by atoms with Gasteiger partial charge in [-0.1, -0.05) is 99.7 Å². The van der Waals surface area contributed by atoms with E-state index in [0.29, 0.717) is 6.42 Å². The standard InChI is InChI=1S/C6H6Cl8O/c1-2-3(7)15-6(13,14)4(8,9)5(10,11)12/h3H,2H2,1H3. The average molecular weight is 378 g/mol. The second kappa shape index (κ2) is 5.95. The van der Waals surface area contributed by atoms with Crippen LogP contribution in [0, 0.1) is 0 Å². The van der Waals surface area contributed by atoms with Crippen molar-refractivity contribution < 1.29 is 4.74 Å². The van der Waals surface area contributed by atoms with Crippen LogP contribution in [0.2, 0.25) is 0 Å². The molecule has 92 valence electrons. The molecule has 0 heterocycles. The summed E-state index contributed by atoms with van der Waals surface area (Å²) in [6.45, 7) is 1.74. The van der Waals surface area contributed by atoms with Gasteiger partial charge in [0.05, 0.1) is 0 Å². The van der Waals surface area contributed by atoms with E-state index in [2.05, 4.69) is 0 Å². The lowest BCUT2D eigenvalue weighted by Crippen LogP contribution is -2.49. The van der Waals surface area contributed by atoms with Gasteiger partial charge in [-0.25, -0.2) is 0 Å². The fraction of sp³-hybridized carbons (Fsp3) is 1.00. The summed E-state index contributed by atoms with van der Waals surface area (Å²) in [5.41, 5.74) is -0.802. The number of hydrogen-bond acceptors (Lipinski definition) is 1. The van der Waals surface area contributed by atoms with E-state index in [1.807, 2.05) is 0 Å². The molecule has 0 aliphatic carbocycles. The molecule has 0 fully saturated rings. The monoisotopic (exact) mass is 374 g/mol. The Balaban J connectivity index is 4.85. The maximum absolute atomic E-state index is 5.73. The molecule has 0 aromatic rings. The van der Waals surface area contributed by atoms with Crippen LogP contribution in [0.3, 0.4) is 0 Å². The normalized spacial score (nSPS) is 16.6. The van der Waals surface area contributed by atoms with Gasteiger partial charge in [0, 0.05) is 0 Å². The molecule has 0 rings (SSSR count). The highest BCUT2D eigenvalue weighted by Gasteiger charge is 2.61. The summed E-state index contributed by atoms with van der Waals surface area (Å²) < 4.78 is -1.50. The van der Waals surface area contributed by atoms with Gasteiger partial charge in [-0.15, -0.1) is 0 Å². The zero-order valence-electron chi connectivity index (χ0n) is 7.22. The van der Waals surface area contributed by atoms with Crippen LogP contribution in [-0.4, -0.2) is 18.2 Å². The van der Waals surface area contributed by atoms with Crippen LogP contribution in [0.15, 0.2) is 0 Å². The molecule has 0 bridgehead atoms. The Morgan fingerprint density at radius 3 is 1.67 bits per heavy atom. The van der Waals surface area contributed by atoms with Gasteiger partial charge in [0.1, 0.15) is 5.56 Å². The van der Waals surface area contributed by atoms with Crippen molar-refractivity contribution in [2.45, 2.75) is 31.6 Å². The zero-order chi connectivity index (χ0) is 12.5. The topological polar surface area (TPSA) is 9.23 Å². The van der Waals surface area contributed by atoms with Gasteiger partial charge in [0.25, 0.3) is 4.52 Å². The predicted octanol–water partition coefficient (Wildman–Crippen LogP) is 5.65. The van der Waals surface area contributed by atoms with Gasteiger partial charge in [-0.2, -0.15) is 0 Å². The van der Waals surface area contributed by atoms with Crippen molar-refractivity contribution in [3.63, 3.8) is 0 Å². The van der Waals surface area contributed by atoms with Crippen molar-refractivity contribution in [1.29, 1.82) is 0 Å². The summed E-state index contributed by atoms with van der Waals surface area (Å²) >= 11 is 45.1. The second-order valence-electron chi connectivity index (χ2n) is 2.53. The highest BCUT2D eigenvalue weighted by molar-refractivity contribution is 6.78. The average Bonchev–Trinajstić information content (AvgIpc) is 2.00. The molecule has 0 spiro atoms. The van der Waals surface area contributed by atoms with E-state index < -0.39 is 18.2 Å². The van der Waals surface area contributed by atoms with Crippen molar-refractivity contribution in [2.75, 3.05) is 0 Å². The van der Waals surface area contributed by atoms with Gasteiger partial charge in [0.15, 0.2) is 0 Å². The van der Waals surface area contributed by atoms with Gasteiger partial charge < -0.3 is 4.74 Å². The van der Waals surface area contributed by atoms with Crippen molar-refractivity contribution in [1.82, 2.24) is 0 Å². The predicted molar refractivity (Wildman–Crippen MR) is 70.2 cm³/mol. The lowest BCUT2D eigenvalue weighted by molar-refractivity contribution is 0.0425. The van der Waals surface area contributed by atoms with Crippen LogP contribution in [0.5, 0.6) is 0 Å². The van der Waals surface area contributed by atoms with Gasteiger partial charge >= 0.3 is 0 Å². The summed E-state index contributed by atoms with van der Waals surface area (Å²) in [5, 5.41) is 0. The first-order valence-corrected chi connectivity index (χ1v) is 6.68. The summed E-state index contributed by atoms with van der Waals surface area (Å²) in [5.74, 6) is 0. The highest BCUT2D eigenvalue weighted by atomic mass is 35.6. The molecule has 1 nitrogen and oxygen atoms in total. The number of rotatable bonds is 4. The van der Waals surface area contributed by atoms with E-state index in [9.17, 15) is 0 Å². The zero-order valence-corrected chi connectivity index (χ0v) is 13.3. The maximum Gasteiger partial charge on any atom is 0.256 e. The van der Waals surface area contributed by atoms with E-state index >= 15 is 0 Å². The van der Waals surface area contributed by atoms with Crippen LogP contribution in [0.1, 0.15) is 13.3 Å². The van der Waals surface area contributed by atoms with E-state index in [4.69, 9.17) is 97.5 Å². The Hall–Kier alpha value is 2.28. The molecular weight excluding hydrogens is 372 g/mol. The first-order valence-electron chi connectivity index (χ1n) is 3.60. The Morgan fingerprint density at radius 2 is 1.40 bits per heavy atom. The molecule has 0 aliphatic heterocycles. The third-order valence-corrected chi connectivity index (χ3v) is 5.38. The van der Waals surface area contributed by atoms with Crippen molar-refractivity contribution >= 4 is 92.8 Å². The molecule has 15 heavy (non-hydrogen) atoms. The molecule has 0 aromatic heterocycles. The van der Waals surface area contributed by atoms with Crippen molar-refractivity contribution in [3.05, 3.63) is 0 Å². The van der Waals surface area contributed by atoms with Gasteiger partial charge in [-0.05, 0) is 6.42 Å². The summed E-state index contributed by atoms with van der Waals surface area (Å²) in [4.78, 5) is 0. The lowest BCUT2D eigenvalue weighted by Gasteiger charge is -2.37. The first-order chi connectivity index (χ1) is 6.45. The van der Waals surface area contributed by atoms with E-state index in [0.717, 1.165) is 0 Å². The maximum atomic E-state index is 5.73. The Morgan fingerprint density at radius 1 is 1.00 bits per heavy atom. The summed E-state index contributed by atoms with van der Waals surface area (Å²) in [6, 6.07) is 0. The molecule has 0 saturated heterocycles. The van der Waals surface area contributed by atoms with Crippen LogP contribution < -0.4 is 0 Å². The van der Waals surface area contributed by atoms with E-state index in [-0.39, 0.29) is 0 Å². The highest BCUT2D eigenvalue weighted by Crippen LogP contribution is 2.57. The third-order valence-electron chi connectivity index (χ3n) is 1.32. The lowest BCUT2D eigenvalue weighted by atomic mass is 10.4. The van der Waals surface area contributed by atoms with Crippen molar-refractivity contribution in [2.24, 2.45) is 0 Å². The Kier molecular flexibility index (Phi) is 6.85. The van der Waals surface area contributed by atoms with Crippen LogP contribution in [0.25, 0.3) is 0 Å². The van der Waals surface area contributed by atoms with Crippen LogP contribution in [0.4, 0.5) is 0 Å². The molecule has 0 aromatic carbocycles. The molecule has 0 aliphatic rings. The van der Waals surface area contributed by atoms with E-state index in [1.165, 1.54) is 0 Å². The first kappa shape index (κ1) is 17.3. The number of halogens is 8. The second-order valence-corrected chi connectivity index (χ2v) is 7.88. The van der Waals surface area contributed by atoms with Crippen LogP contribution >= 0.6 is 92.8 Å². The molecule has 0 saturated carbocycles. The molecule has 0 amide bonds. The molecule has 1 atom stereocenters. The molecule has 0 N–H and O–H groups in total.